The fourth-order valence-corrected chi connectivity index (χ4v) is 14.1. The molecule has 2 heterocycles. The highest BCUT2D eigenvalue weighted by Crippen LogP contribution is 2.37. The maximum atomic E-state index is 15.6. The number of alkyl halides is 3. The first-order chi connectivity index (χ1) is 47.7. The molecule has 3 fully saturated rings. The molecule has 0 radical (unpaired) electrons. The Morgan fingerprint density at radius 2 is 1.26 bits per heavy atom. The first-order valence-corrected chi connectivity index (χ1v) is 35.8. The molecule has 102 heavy (non-hydrogen) atoms. The van der Waals surface area contributed by atoms with Crippen molar-refractivity contribution in [3.63, 3.8) is 0 Å². The van der Waals surface area contributed by atoms with Gasteiger partial charge in [-0.05, 0) is 106 Å². The van der Waals surface area contributed by atoms with Gasteiger partial charge in [0.25, 0.3) is 0 Å². The number of fused-ring (bicyclic) bond motifs is 1. The summed E-state index contributed by atoms with van der Waals surface area (Å²) in [5, 5.41) is 7.95. The molecule has 0 aromatic heterocycles. The van der Waals surface area contributed by atoms with Crippen LogP contribution in [0, 0.1) is 18.8 Å². The topological polar surface area (TPSA) is 270 Å². The molecule has 1 spiro atoms. The molecule has 29 heteroatoms. The summed E-state index contributed by atoms with van der Waals surface area (Å²) in [6, 6.07) is 5.26. The number of hydrogen-bond donors (Lipinski definition) is 3. The van der Waals surface area contributed by atoms with Gasteiger partial charge < -0.3 is 60.0 Å². The van der Waals surface area contributed by atoms with Crippen molar-refractivity contribution in [2.24, 2.45) is 11.8 Å². The van der Waals surface area contributed by atoms with Crippen LogP contribution in [0.5, 0.6) is 0 Å². The third-order valence-corrected chi connectivity index (χ3v) is 21.7. The van der Waals surface area contributed by atoms with Crippen LogP contribution in [0.3, 0.4) is 0 Å². The number of nitrogens with zero attached hydrogens (tertiary/aromatic N) is 9. The van der Waals surface area contributed by atoms with Crippen molar-refractivity contribution in [1.82, 2.24) is 60.0 Å². The fourth-order valence-electron chi connectivity index (χ4n) is 13.3. The Labute approximate surface area is 610 Å². The van der Waals surface area contributed by atoms with Crippen LogP contribution in [0.4, 0.5) is 13.2 Å². The highest BCUT2D eigenvalue weighted by atomic mass is 79.9. The molecule has 1 saturated carbocycles. The Balaban J connectivity index is 1.49. The number of carbonyl (C=O) groups is 12. The van der Waals surface area contributed by atoms with Gasteiger partial charge in [0, 0.05) is 87.3 Å². The van der Waals surface area contributed by atoms with Crippen LogP contribution in [0.2, 0.25) is 5.02 Å². The minimum absolute atomic E-state index is 0.0658. The third-order valence-electron chi connectivity index (χ3n) is 20.9. The Hall–Kier alpha value is -8.14. The van der Waals surface area contributed by atoms with Crippen LogP contribution in [0.1, 0.15) is 127 Å². The Bertz CT molecular complexity index is 3600. The molecule has 1 aliphatic carbocycles. The average Bonchev–Trinajstić information content (AvgIpc) is 1.31. The average molecular weight is 1510 g/mol. The summed E-state index contributed by atoms with van der Waals surface area (Å²) in [5.74, 6) is -9.85. The SMILES string of the molecule is CC[C@H](C)[C@@H]1NC(=O)[C@H](C)N(C)C(=O)C[C@@H](C(=O)N(C)C)N(C)C(=O)[C@H]([C@@H](C)CC)N(C)C(=O)C2(CCCC2)NC(=O)[C@H](Cc2cccc(Br)c2)N(C)C(=O)[C@H](CCc2ccc(C(F)(F)F)c(Cl)c2)NC(=O)CN(C)C(=O)[C@H](Cc2ccc(C)cc2)N(C)C(=O)[C@@H]2CCN2C(=O)[C@@H](C)N(C)C1=O. The van der Waals surface area contributed by atoms with Crippen molar-refractivity contribution >= 4 is 98.4 Å². The standard InChI is InChI=1S/C73H101BrClF3N12O12/c1-17-43(4)60-69(100)85(12)46(7)64(95)90-35-32-54(90)68(99)87(14)56(38-48-26-24-42(3)25-27-48)67(98)83(10)41-58(91)79-53(31-29-47-28-30-51(52(75)37-47)73(76,77)78)65(96)86(13)55(39-49-22-21-23-50(74)36-49)63(94)81-72(33-19-20-34-72)71(102)89(16)61(44(5)18-2)70(101)88(15)57(66(97)82(8)9)40-59(92)84(11)45(6)62(93)80-60/h21-28,30,36-37,43-46,53-57,60-61H,17-20,29,31-35,38-41H2,1-16H3,(H,79,91)(H,80,93)(H,81,94)/t43-,44-,45-,46+,53-,54-,55-,56-,57-,60-,61-/m0/s1. The smallest absolute Gasteiger partial charge is 0.347 e. The van der Waals surface area contributed by atoms with Gasteiger partial charge in [0.05, 0.1) is 23.6 Å². The molecule has 2 saturated heterocycles. The molecule has 560 valence electrons. The normalized spacial score (nSPS) is 25.1. The highest BCUT2D eigenvalue weighted by Gasteiger charge is 2.51. The molecule has 0 unspecified atom stereocenters. The summed E-state index contributed by atoms with van der Waals surface area (Å²) in [6.07, 6.45) is -4.15. The van der Waals surface area contributed by atoms with Crippen LogP contribution in [-0.2, 0) is 83.0 Å². The van der Waals surface area contributed by atoms with Crippen LogP contribution in [-0.4, -0.2) is 251 Å². The first kappa shape index (κ1) is 82.8. The molecule has 6 rings (SSSR count). The highest BCUT2D eigenvalue weighted by molar-refractivity contribution is 9.10. The van der Waals surface area contributed by atoms with Crippen molar-refractivity contribution in [1.29, 1.82) is 0 Å². The zero-order valence-electron chi connectivity index (χ0n) is 61.4. The van der Waals surface area contributed by atoms with E-state index < -0.39 is 172 Å². The molecule has 3 N–H and O–H groups in total. The van der Waals surface area contributed by atoms with Crippen molar-refractivity contribution in [2.75, 3.05) is 76.5 Å². The summed E-state index contributed by atoms with van der Waals surface area (Å²) in [7, 11) is 12.4. The summed E-state index contributed by atoms with van der Waals surface area (Å²) in [4.78, 5) is 190. The first-order valence-electron chi connectivity index (χ1n) is 34.7. The predicted molar refractivity (Wildman–Crippen MR) is 381 cm³/mol. The predicted octanol–water partition coefficient (Wildman–Crippen LogP) is 5.89. The summed E-state index contributed by atoms with van der Waals surface area (Å²) in [6.45, 7) is 11.2. The number of amides is 12. The number of aryl methyl sites for hydroxylation is 2. The van der Waals surface area contributed by atoms with E-state index in [1.54, 1.807) is 64.1 Å². The maximum absolute atomic E-state index is 15.6. The number of likely N-dealkylation sites (N-methyl/N-ethyl adjacent to an activating group) is 8. The number of nitrogens with one attached hydrogen (secondary N) is 3. The zero-order valence-corrected chi connectivity index (χ0v) is 63.8. The summed E-state index contributed by atoms with van der Waals surface area (Å²) < 4.78 is 42.5. The van der Waals surface area contributed by atoms with E-state index in [2.05, 4.69) is 31.9 Å². The molecule has 12 amide bonds. The quantitative estimate of drug-likeness (QED) is 0.192. The second kappa shape index (κ2) is 35.4. The zero-order chi connectivity index (χ0) is 76.3. The van der Waals surface area contributed by atoms with Crippen LogP contribution < -0.4 is 16.0 Å². The molecule has 3 aromatic rings. The van der Waals surface area contributed by atoms with Gasteiger partial charge in [-0.3, -0.25) is 57.5 Å². The van der Waals surface area contributed by atoms with E-state index in [1.807, 2.05) is 19.1 Å². The number of carbonyl (C=O) groups excluding carboxylic acids is 12. The lowest BCUT2D eigenvalue weighted by Gasteiger charge is -2.45. The van der Waals surface area contributed by atoms with E-state index in [0.29, 0.717) is 41.3 Å². The minimum Gasteiger partial charge on any atom is -0.347 e. The summed E-state index contributed by atoms with van der Waals surface area (Å²) >= 11 is 9.68. The fraction of sp³-hybridized carbons (Fsp3) is 0.589. The van der Waals surface area contributed by atoms with E-state index in [-0.39, 0.29) is 57.1 Å². The van der Waals surface area contributed by atoms with Gasteiger partial charge in [0.2, 0.25) is 70.9 Å². The lowest BCUT2D eigenvalue weighted by atomic mass is 9.90. The Morgan fingerprint density at radius 3 is 1.82 bits per heavy atom. The number of hydrogen-bond acceptors (Lipinski definition) is 12. The van der Waals surface area contributed by atoms with Gasteiger partial charge >= 0.3 is 6.18 Å². The molecule has 2 aliphatic heterocycles. The third kappa shape index (κ3) is 19.6. The van der Waals surface area contributed by atoms with E-state index in [9.17, 15) is 46.7 Å². The lowest BCUT2D eigenvalue weighted by Crippen LogP contribution is -2.65. The molecule has 24 nitrogen and oxygen atoms in total. The Kier molecular flexibility index (Phi) is 28.7. The molecule has 3 aliphatic rings. The van der Waals surface area contributed by atoms with Gasteiger partial charge in [0.1, 0.15) is 59.9 Å². The number of rotatable bonds is 12. The molecule has 3 aromatic carbocycles. The molecular weight excluding hydrogens is 1410 g/mol. The number of halogens is 5. The van der Waals surface area contributed by atoms with Crippen molar-refractivity contribution in [3.8, 4) is 0 Å². The van der Waals surface area contributed by atoms with Crippen molar-refractivity contribution in [2.45, 2.75) is 192 Å². The Morgan fingerprint density at radius 1 is 0.667 bits per heavy atom. The molecular formula is C73H101BrClF3N12O12. The van der Waals surface area contributed by atoms with Gasteiger partial charge in [-0.2, -0.15) is 13.2 Å². The van der Waals surface area contributed by atoms with Gasteiger partial charge in [-0.1, -0.05) is 129 Å². The van der Waals surface area contributed by atoms with Crippen molar-refractivity contribution in [3.05, 3.63) is 104 Å². The minimum atomic E-state index is -4.80. The van der Waals surface area contributed by atoms with Gasteiger partial charge in [-0.25, -0.2) is 0 Å². The monoisotopic (exact) mass is 1510 g/mol. The number of benzene rings is 3. The van der Waals surface area contributed by atoms with E-state index in [0.717, 1.165) is 37.3 Å². The molecule has 0 bridgehead atoms. The van der Waals surface area contributed by atoms with E-state index in [1.165, 1.54) is 108 Å². The largest absolute Gasteiger partial charge is 0.417 e. The van der Waals surface area contributed by atoms with Crippen molar-refractivity contribution < 1.29 is 70.7 Å². The van der Waals surface area contributed by atoms with Crippen LogP contribution in [0.25, 0.3) is 0 Å². The molecule has 11 atom stereocenters. The van der Waals surface area contributed by atoms with Crippen LogP contribution >= 0.6 is 27.5 Å². The maximum Gasteiger partial charge on any atom is 0.417 e. The van der Waals surface area contributed by atoms with E-state index in [4.69, 9.17) is 11.6 Å². The lowest BCUT2D eigenvalue weighted by molar-refractivity contribution is -0.160. The van der Waals surface area contributed by atoms with Gasteiger partial charge in [-0.15, -0.1) is 0 Å². The second-order valence-corrected chi connectivity index (χ2v) is 29.4. The van der Waals surface area contributed by atoms with Crippen LogP contribution in [0.15, 0.2) is 71.2 Å². The van der Waals surface area contributed by atoms with Gasteiger partial charge in [0.15, 0.2) is 0 Å². The second-order valence-electron chi connectivity index (χ2n) is 28.1. The summed E-state index contributed by atoms with van der Waals surface area (Å²) in [5.41, 5.74) is -0.458. The van der Waals surface area contributed by atoms with E-state index >= 15 is 24.0 Å².